The summed E-state index contributed by atoms with van der Waals surface area (Å²) in [5.74, 6) is 5.72. The summed E-state index contributed by atoms with van der Waals surface area (Å²) in [7, 11) is 1.65. The van der Waals surface area contributed by atoms with Crippen LogP contribution in [0.4, 0.5) is 0 Å². The minimum atomic E-state index is -0.268. The van der Waals surface area contributed by atoms with Crippen LogP contribution in [0.1, 0.15) is 23.0 Å². The zero-order valence-corrected chi connectivity index (χ0v) is 12.3. The molecule has 2 heterocycles. The first-order chi connectivity index (χ1) is 9.69. The highest BCUT2D eigenvalue weighted by Crippen LogP contribution is 2.28. The average molecular weight is 296 g/mol. The topological polar surface area (TPSA) is 78.0 Å². The number of hydrogen-bond donors (Lipinski definition) is 2. The van der Waals surface area contributed by atoms with Gasteiger partial charge in [0.1, 0.15) is 0 Å². The number of nitrogens with zero attached hydrogens (tertiary/aromatic N) is 3. The zero-order valence-electron chi connectivity index (χ0n) is 11.5. The Bertz CT molecular complexity index is 572. The van der Waals surface area contributed by atoms with Gasteiger partial charge in [0.2, 0.25) is 0 Å². The van der Waals surface area contributed by atoms with Crippen LogP contribution in [0.15, 0.2) is 24.5 Å². The van der Waals surface area contributed by atoms with Gasteiger partial charge in [-0.15, -0.1) is 0 Å². The lowest BCUT2D eigenvalue weighted by atomic mass is 10.0. The van der Waals surface area contributed by atoms with E-state index in [1.165, 1.54) is 0 Å². The number of halogens is 1. The number of hydrazine groups is 1. The van der Waals surface area contributed by atoms with Crippen LogP contribution in [-0.2, 0) is 11.3 Å². The molecule has 0 aliphatic rings. The molecule has 0 amide bonds. The third kappa shape index (κ3) is 2.99. The van der Waals surface area contributed by atoms with Crippen molar-refractivity contribution in [1.29, 1.82) is 0 Å². The van der Waals surface area contributed by atoms with Gasteiger partial charge >= 0.3 is 0 Å². The van der Waals surface area contributed by atoms with Crippen molar-refractivity contribution >= 4 is 11.6 Å². The van der Waals surface area contributed by atoms with Gasteiger partial charge in [-0.25, -0.2) is 5.43 Å². The van der Waals surface area contributed by atoms with Crippen molar-refractivity contribution in [1.82, 2.24) is 20.2 Å². The molecule has 2 aromatic rings. The number of methoxy groups -OCH3 is 1. The first-order valence-corrected chi connectivity index (χ1v) is 6.64. The molecule has 108 valence electrons. The molecule has 0 aromatic carbocycles. The third-order valence-electron chi connectivity index (χ3n) is 3.14. The highest BCUT2D eigenvalue weighted by atomic mass is 35.5. The number of pyridine rings is 1. The molecule has 0 aliphatic carbocycles. The quantitative estimate of drug-likeness (QED) is 0.623. The summed E-state index contributed by atoms with van der Waals surface area (Å²) in [4.78, 5) is 4.29. The van der Waals surface area contributed by atoms with Crippen LogP contribution in [0.2, 0.25) is 5.02 Å². The predicted molar refractivity (Wildman–Crippen MR) is 77.3 cm³/mol. The predicted octanol–water partition coefficient (Wildman–Crippen LogP) is 1.44. The maximum atomic E-state index is 6.26. The standard InChI is InChI=1S/C13H18ClN5O/c1-9-10(4-3-5-16-9)12(18-15)13-11(14)8-17-19(13)6-7-20-2/h3-5,8,12,18H,6-7,15H2,1-2H3. The lowest BCUT2D eigenvalue weighted by molar-refractivity contribution is 0.182. The van der Waals surface area contributed by atoms with Crippen LogP contribution in [0.3, 0.4) is 0 Å². The number of aryl methyl sites for hydroxylation is 1. The molecule has 20 heavy (non-hydrogen) atoms. The van der Waals surface area contributed by atoms with E-state index < -0.39 is 0 Å². The van der Waals surface area contributed by atoms with E-state index in [1.807, 2.05) is 19.1 Å². The molecule has 0 spiro atoms. The van der Waals surface area contributed by atoms with Gasteiger partial charge in [0.15, 0.2) is 0 Å². The highest BCUT2D eigenvalue weighted by molar-refractivity contribution is 6.31. The fraction of sp³-hybridized carbons (Fsp3) is 0.385. The molecule has 3 N–H and O–H groups in total. The molecule has 0 fully saturated rings. The van der Waals surface area contributed by atoms with E-state index in [2.05, 4.69) is 15.5 Å². The fourth-order valence-corrected chi connectivity index (χ4v) is 2.38. The number of nitrogens with two attached hydrogens (primary N) is 1. The van der Waals surface area contributed by atoms with E-state index in [-0.39, 0.29) is 6.04 Å². The van der Waals surface area contributed by atoms with E-state index in [4.69, 9.17) is 22.2 Å². The molecule has 1 unspecified atom stereocenters. The molecular formula is C13H18ClN5O. The van der Waals surface area contributed by atoms with Crippen molar-refractivity contribution in [2.24, 2.45) is 5.84 Å². The normalized spacial score (nSPS) is 12.6. The maximum Gasteiger partial charge on any atom is 0.0910 e. The van der Waals surface area contributed by atoms with Crippen molar-refractivity contribution in [3.8, 4) is 0 Å². The monoisotopic (exact) mass is 295 g/mol. The number of nitrogens with one attached hydrogen (secondary N) is 1. The largest absolute Gasteiger partial charge is 0.383 e. The molecule has 0 radical (unpaired) electrons. The summed E-state index contributed by atoms with van der Waals surface area (Å²) in [5, 5.41) is 4.83. The minimum Gasteiger partial charge on any atom is -0.383 e. The van der Waals surface area contributed by atoms with Crippen molar-refractivity contribution in [2.45, 2.75) is 19.5 Å². The second kappa shape index (κ2) is 6.81. The zero-order chi connectivity index (χ0) is 14.5. The first kappa shape index (κ1) is 14.9. The number of rotatable bonds is 6. The average Bonchev–Trinajstić information content (AvgIpc) is 2.81. The Kier molecular flexibility index (Phi) is 5.08. The highest BCUT2D eigenvalue weighted by Gasteiger charge is 2.22. The Morgan fingerprint density at radius 3 is 3.00 bits per heavy atom. The van der Waals surface area contributed by atoms with Crippen LogP contribution >= 0.6 is 11.6 Å². The fourth-order valence-electron chi connectivity index (χ4n) is 2.13. The van der Waals surface area contributed by atoms with Crippen LogP contribution in [-0.4, -0.2) is 28.5 Å². The van der Waals surface area contributed by atoms with Crippen LogP contribution < -0.4 is 11.3 Å². The van der Waals surface area contributed by atoms with Gasteiger partial charge in [0.05, 0.1) is 36.1 Å². The van der Waals surface area contributed by atoms with Gasteiger partial charge in [-0.05, 0) is 18.6 Å². The molecule has 0 bridgehead atoms. The summed E-state index contributed by atoms with van der Waals surface area (Å²) in [6.45, 7) is 3.09. The Morgan fingerprint density at radius 1 is 1.55 bits per heavy atom. The lowest BCUT2D eigenvalue weighted by Crippen LogP contribution is -2.32. The molecular weight excluding hydrogens is 278 g/mol. The van der Waals surface area contributed by atoms with Gasteiger partial charge in [0.25, 0.3) is 0 Å². The molecule has 7 heteroatoms. The molecule has 6 nitrogen and oxygen atoms in total. The Balaban J connectivity index is 2.42. The van der Waals surface area contributed by atoms with Crippen molar-refractivity contribution in [3.05, 3.63) is 46.5 Å². The molecule has 0 saturated heterocycles. The van der Waals surface area contributed by atoms with E-state index in [0.29, 0.717) is 18.2 Å². The van der Waals surface area contributed by atoms with Crippen molar-refractivity contribution in [2.75, 3.05) is 13.7 Å². The lowest BCUT2D eigenvalue weighted by Gasteiger charge is -2.20. The Hall–Kier alpha value is -1.47. The molecule has 2 rings (SSSR count). The SMILES string of the molecule is COCCn1ncc(Cl)c1C(NN)c1cccnc1C. The van der Waals surface area contributed by atoms with Crippen LogP contribution in [0, 0.1) is 6.92 Å². The van der Waals surface area contributed by atoms with Crippen LogP contribution in [0.5, 0.6) is 0 Å². The summed E-state index contributed by atoms with van der Waals surface area (Å²) in [6.07, 6.45) is 3.36. The first-order valence-electron chi connectivity index (χ1n) is 6.26. The summed E-state index contributed by atoms with van der Waals surface area (Å²) >= 11 is 6.26. The van der Waals surface area contributed by atoms with Gasteiger partial charge in [-0.1, -0.05) is 17.7 Å². The Labute approximate surface area is 122 Å². The smallest absolute Gasteiger partial charge is 0.0910 e. The molecule has 0 saturated carbocycles. The third-order valence-corrected chi connectivity index (χ3v) is 3.43. The van der Waals surface area contributed by atoms with Gasteiger partial charge in [-0.3, -0.25) is 15.5 Å². The summed E-state index contributed by atoms with van der Waals surface area (Å²) < 4.78 is 6.88. The maximum absolute atomic E-state index is 6.26. The van der Waals surface area contributed by atoms with Crippen molar-refractivity contribution in [3.63, 3.8) is 0 Å². The number of aromatic nitrogens is 3. The Morgan fingerprint density at radius 2 is 2.35 bits per heavy atom. The van der Waals surface area contributed by atoms with Crippen molar-refractivity contribution < 1.29 is 4.74 Å². The van der Waals surface area contributed by atoms with E-state index in [9.17, 15) is 0 Å². The van der Waals surface area contributed by atoms with Gasteiger partial charge in [0, 0.05) is 19.0 Å². The van der Waals surface area contributed by atoms with Gasteiger partial charge < -0.3 is 4.74 Å². The number of ether oxygens (including phenoxy) is 1. The minimum absolute atomic E-state index is 0.268. The number of hydrogen-bond acceptors (Lipinski definition) is 5. The molecule has 1 atom stereocenters. The molecule has 2 aromatic heterocycles. The second-order valence-electron chi connectivity index (χ2n) is 4.37. The van der Waals surface area contributed by atoms with E-state index in [0.717, 1.165) is 17.0 Å². The van der Waals surface area contributed by atoms with E-state index >= 15 is 0 Å². The van der Waals surface area contributed by atoms with E-state index in [1.54, 1.807) is 24.2 Å². The van der Waals surface area contributed by atoms with Gasteiger partial charge in [-0.2, -0.15) is 5.10 Å². The summed E-state index contributed by atoms with van der Waals surface area (Å²) in [6, 6.07) is 3.57. The molecule has 0 aliphatic heterocycles. The second-order valence-corrected chi connectivity index (χ2v) is 4.78. The summed E-state index contributed by atoms with van der Waals surface area (Å²) in [5.41, 5.74) is 5.46. The van der Waals surface area contributed by atoms with Crippen LogP contribution in [0.25, 0.3) is 0 Å².